The lowest BCUT2D eigenvalue weighted by molar-refractivity contribution is 0.579. The number of hydrazine groups is 1. The summed E-state index contributed by atoms with van der Waals surface area (Å²) in [6, 6.07) is 8.68. The van der Waals surface area contributed by atoms with Gasteiger partial charge in [-0.15, -0.1) is 11.3 Å². The summed E-state index contributed by atoms with van der Waals surface area (Å²) in [6.45, 7) is 1.03. The molecule has 1 fully saturated rings. The molecule has 0 amide bonds. The van der Waals surface area contributed by atoms with Crippen molar-refractivity contribution in [3.8, 4) is 0 Å². The number of nitrogens with one attached hydrogen (secondary N) is 2. The highest BCUT2D eigenvalue weighted by atomic mass is 32.1. The molecule has 3 rings (SSSR count). The van der Waals surface area contributed by atoms with E-state index in [1.807, 2.05) is 6.07 Å². The zero-order valence-corrected chi connectivity index (χ0v) is 8.47. The number of benzene rings is 1. The van der Waals surface area contributed by atoms with Crippen LogP contribution in [0.2, 0.25) is 0 Å². The smallest absolute Gasteiger partial charge is 0.112 e. The average Bonchev–Trinajstić information content (AvgIpc) is 2.86. The molecule has 1 atom stereocenters. The predicted molar refractivity (Wildman–Crippen MR) is 58.1 cm³/mol. The Morgan fingerprint density at radius 1 is 1.36 bits per heavy atom. The lowest BCUT2D eigenvalue weighted by atomic mass is 10.2. The molecule has 1 unspecified atom stereocenters. The average molecular weight is 205 g/mol. The molecule has 0 aliphatic carbocycles. The molecule has 1 aliphatic rings. The summed E-state index contributed by atoms with van der Waals surface area (Å²) in [7, 11) is 0. The minimum Gasteiger partial charge on any atom is -0.257 e. The normalized spacial score (nSPS) is 21.9. The van der Waals surface area contributed by atoms with Crippen molar-refractivity contribution in [1.29, 1.82) is 0 Å². The molecule has 0 radical (unpaired) electrons. The summed E-state index contributed by atoms with van der Waals surface area (Å²) in [6.07, 6.45) is 1.12. The number of aromatic nitrogens is 1. The number of hydrogen-bond acceptors (Lipinski definition) is 4. The molecule has 1 saturated heterocycles. The molecule has 0 bridgehead atoms. The molecule has 2 heterocycles. The highest BCUT2D eigenvalue weighted by Crippen LogP contribution is 2.28. The summed E-state index contributed by atoms with van der Waals surface area (Å²) < 4.78 is 1.27. The number of thiazole rings is 1. The van der Waals surface area contributed by atoms with E-state index in [9.17, 15) is 0 Å². The molecule has 1 aromatic heterocycles. The first-order valence-electron chi connectivity index (χ1n) is 4.77. The van der Waals surface area contributed by atoms with Crippen molar-refractivity contribution in [1.82, 2.24) is 15.8 Å². The molecule has 0 spiro atoms. The van der Waals surface area contributed by atoms with Gasteiger partial charge in [-0.3, -0.25) is 5.43 Å². The molecule has 0 saturated carbocycles. The number of fused-ring (bicyclic) bond motifs is 1. The van der Waals surface area contributed by atoms with E-state index in [0.717, 1.165) is 18.5 Å². The molecule has 2 aromatic rings. The first kappa shape index (κ1) is 8.35. The fraction of sp³-hybridized carbons (Fsp3) is 0.300. The fourth-order valence-corrected chi connectivity index (χ4v) is 2.76. The van der Waals surface area contributed by atoms with E-state index in [4.69, 9.17) is 0 Å². The van der Waals surface area contributed by atoms with Crippen LogP contribution in [0.4, 0.5) is 0 Å². The van der Waals surface area contributed by atoms with Gasteiger partial charge in [-0.25, -0.2) is 10.4 Å². The molecule has 14 heavy (non-hydrogen) atoms. The minimum absolute atomic E-state index is 0.396. The summed E-state index contributed by atoms with van der Waals surface area (Å²) >= 11 is 1.78. The molecule has 2 N–H and O–H groups in total. The Morgan fingerprint density at radius 2 is 2.29 bits per heavy atom. The fourth-order valence-electron chi connectivity index (χ4n) is 1.71. The van der Waals surface area contributed by atoms with E-state index in [1.165, 1.54) is 9.71 Å². The van der Waals surface area contributed by atoms with Crippen LogP contribution in [0.1, 0.15) is 17.5 Å². The highest BCUT2D eigenvalue weighted by molar-refractivity contribution is 7.18. The maximum atomic E-state index is 4.61. The van der Waals surface area contributed by atoms with Gasteiger partial charge >= 0.3 is 0 Å². The topological polar surface area (TPSA) is 37.0 Å². The SMILES string of the molecule is c1ccc2sc(C3CCNN3)nc2c1. The first-order chi connectivity index (χ1) is 6.93. The molecule has 3 nitrogen and oxygen atoms in total. The lowest BCUT2D eigenvalue weighted by Crippen LogP contribution is -2.24. The van der Waals surface area contributed by atoms with Crippen LogP contribution in [0.5, 0.6) is 0 Å². The minimum atomic E-state index is 0.396. The van der Waals surface area contributed by atoms with Crippen molar-refractivity contribution in [2.24, 2.45) is 0 Å². The Bertz CT molecular complexity index is 412. The van der Waals surface area contributed by atoms with Gasteiger partial charge in [0.2, 0.25) is 0 Å². The second-order valence-corrected chi connectivity index (χ2v) is 4.49. The van der Waals surface area contributed by atoms with Crippen LogP contribution in [0.25, 0.3) is 10.2 Å². The zero-order valence-electron chi connectivity index (χ0n) is 7.66. The van der Waals surface area contributed by atoms with Crippen molar-refractivity contribution < 1.29 is 0 Å². The highest BCUT2D eigenvalue weighted by Gasteiger charge is 2.19. The van der Waals surface area contributed by atoms with Crippen molar-refractivity contribution in [3.05, 3.63) is 29.3 Å². The summed E-state index contributed by atoms with van der Waals surface area (Å²) in [4.78, 5) is 4.61. The quantitative estimate of drug-likeness (QED) is 0.746. The summed E-state index contributed by atoms with van der Waals surface area (Å²) in [5, 5.41) is 1.19. The van der Waals surface area contributed by atoms with E-state index in [-0.39, 0.29) is 0 Å². The number of hydrogen-bond donors (Lipinski definition) is 2. The van der Waals surface area contributed by atoms with Crippen LogP contribution in [-0.4, -0.2) is 11.5 Å². The summed E-state index contributed by atoms with van der Waals surface area (Å²) in [5.41, 5.74) is 7.48. The van der Waals surface area contributed by atoms with Gasteiger partial charge in [0.1, 0.15) is 5.01 Å². The van der Waals surface area contributed by atoms with Gasteiger partial charge in [-0.2, -0.15) is 0 Å². The van der Waals surface area contributed by atoms with Crippen LogP contribution in [0.3, 0.4) is 0 Å². The standard InChI is InChI=1S/C10H11N3S/c1-2-4-9-7(3-1)12-10(14-9)8-5-6-11-13-8/h1-4,8,11,13H,5-6H2. The van der Waals surface area contributed by atoms with E-state index >= 15 is 0 Å². The monoisotopic (exact) mass is 205 g/mol. The van der Waals surface area contributed by atoms with Crippen molar-refractivity contribution in [2.45, 2.75) is 12.5 Å². The second-order valence-electron chi connectivity index (χ2n) is 3.43. The molecule has 1 aliphatic heterocycles. The third kappa shape index (κ3) is 1.32. The Morgan fingerprint density at radius 3 is 3.07 bits per heavy atom. The van der Waals surface area contributed by atoms with Crippen molar-refractivity contribution in [3.63, 3.8) is 0 Å². The van der Waals surface area contributed by atoms with Crippen LogP contribution < -0.4 is 10.9 Å². The lowest BCUT2D eigenvalue weighted by Gasteiger charge is -2.02. The Balaban J connectivity index is 2.05. The maximum absolute atomic E-state index is 4.61. The van der Waals surface area contributed by atoms with Gasteiger partial charge < -0.3 is 0 Å². The van der Waals surface area contributed by atoms with Gasteiger partial charge in [-0.05, 0) is 18.6 Å². The van der Waals surface area contributed by atoms with Crippen LogP contribution >= 0.6 is 11.3 Å². The third-order valence-electron chi connectivity index (χ3n) is 2.44. The largest absolute Gasteiger partial charge is 0.257 e. The Labute approximate surface area is 86.1 Å². The molecule has 72 valence electrons. The van der Waals surface area contributed by atoms with Crippen LogP contribution in [0, 0.1) is 0 Å². The molecular formula is C10H11N3S. The predicted octanol–water partition coefficient (Wildman–Crippen LogP) is 1.84. The van der Waals surface area contributed by atoms with Crippen molar-refractivity contribution >= 4 is 21.6 Å². The second kappa shape index (κ2) is 3.31. The van der Waals surface area contributed by atoms with E-state index in [0.29, 0.717) is 6.04 Å². The number of para-hydroxylation sites is 1. The first-order valence-corrected chi connectivity index (χ1v) is 5.59. The van der Waals surface area contributed by atoms with Gasteiger partial charge in [0.25, 0.3) is 0 Å². The van der Waals surface area contributed by atoms with Gasteiger partial charge in [0, 0.05) is 6.54 Å². The zero-order chi connectivity index (χ0) is 9.38. The maximum Gasteiger partial charge on any atom is 0.112 e. The molecule has 4 heteroatoms. The van der Waals surface area contributed by atoms with Gasteiger partial charge in [0.05, 0.1) is 16.3 Å². The third-order valence-corrected chi connectivity index (χ3v) is 3.59. The molecular weight excluding hydrogens is 194 g/mol. The number of nitrogens with zero attached hydrogens (tertiary/aromatic N) is 1. The van der Waals surface area contributed by atoms with Crippen LogP contribution in [-0.2, 0) is 0 Å². The van der Waals surface area contributed by atoms with Gasteiger partial charge in [-0.1, -0.05) is 12.1 Å². The number of rotatable bonds is 1. The summed E-state index contributed by atoms with van der Waals surface area (Å²) in [5.74, 6) is 0. The van der Waals surface area contributed by atoms with Crippen LogP contribution in [0.15, 0.2) is 24.3 Å². The van der Waals surface area contributed by atoms with E-state index in [2.05, 4.69) is 34.0 Å². The Hall–Kier alpha value is -0.970. The molecule has 1 aromatic carbocycles. The Kier molecular flexibility index (Phi) is 1.97. The van der Waals surface area contributed by atoms with E-state index in [1.54, 1.807) is 11.3 Å². The van der Waals surface area contributed by atoms with E-state index < -0.39 is 0 Å². The van der Waals surface area contributed by atoms with Gasteiger partial charge in [0.15, 0.2) is 0 Å². The van der Waals surface area contributed by atoms with Crippen molar-refractivity contribution in [2.75, 3.05) is 6.54 Å².